The van der Waals surface area contributed by atoms with Crippen LogP contribution in [-0.4, -0.2) is 56.9 Å². The third kappa shape index (κ3) is 11.5. The molecule has 2 unspecified atom stereocenters. The van der Waals surface area contributed by atoms with Gasteiger partial charge in [0.15, 0.2) is 5.96 Å². The van der Waals surface area contributed by atoms with Crippen molar-refractivity contribution in [1.82, 2.24) is 10.6 Å². The minimum Gasteiger partial charge on any atom is -0.406 e. The zero-order valence-corrected chi connectivity index (χ0v) is 18.6. The molecule has 0 aliphatic carbocycles. The second-order valence-electron chi connectivity index (χ2n) is 6.16. The summed E-state index contributed by atoms with van der Waals surface area (Å²) in [5.41, 5.74) is 0.796. The van der Waals surface area contributed by atoms with Crippen LogP contribution >= 0.6 is 24.0 Å². The molecule has 0 heterocycles. The Morgan fingerprint density at radius 2 is 1.89 bits per heavy atom. The molecule has 0 aliphatic rings. The number of halogens is 4. The molecule has 1 aromatic carbocycles. The van der Waals surface area contributed by atoms with Crippen LogP contribution in [0.5, 0.6) is 5.75 Å². The van der Waals surface area contributed by atoms with E-state index in [1.807, 2.05) is 13.8 Å². The number of aliphatic imine (C=N–C) groups is 1. The minimum atomic E-state index is -4.71. The van der Waals surface area contributed by atoms with E-state index in [1.54, 1.807) is 19.2 Å². The maximum atomic E-state index is 12.2. The molecule has 0 amide bonds. The van der Waals surface area contributed by atoms with Crippen molar-refractivity contribution in [1.29, 1.82) is 0 Å². The number of ether oxygens (including phenoxy) is 2. The number of hydrogen-bond donors (Lipinski definition) is 3. The van der Waals surface area contributed by atoms with Crippen molar-refractivity contribution in [3.05, 3.63) is 29.8 Å². The highest BCUT2D eigenvalue weighted by Crippen LogP contribution is 2.23. The number of alkyl halides is 3. The van der Waals surface area contributed by atoms with E-state index in [-0.39, 0.29) is 48.3 Å². The molecule has 0 saturated carbocycles. The highest BCUT2D eigenvalue weighted by atomic mass is 127. The molecular formula is C18H29F3IN3O3. The van der Waals surface area contributed by atoms with Gasteiger partial charge >= 0.3 is 6.36 Å². The Morgan fingerprint density at radius 3 is 2.39 bits per heavy atom. The standard InChI is InChI=1S/C18H28F3N3O3.HI/c1-4-22-17(24-13(2)12-26-3)23-10-15(11-25)9-14-5-7-16(8-6-14)27-18(19,20)21;/h5-8,13,15,25H,4,9-12H2,1-3H3,(H2,22,23,24);1H. The van der Waals surface area contributed by atoms with Gasteiger partial charge in [-0.25, -0.2) is 0 Å². The topological polar surface area (TPSA) is 75.1 Å². The van der Waals surface area contributed by atoms with Crippen molar-refractivity contribution >= 4 is 29.9 Å². The van der Waals surface area contributed by atoms with E-state index in [0.717, 1.165) is 5.56 Å². The maximum absolute atomic E-state index is 12.2. The summed E-state index contributed by atoms with van der Waals surface area (Å²) in [6, 6.07) is 5.70. The quantitative estimate of drug-likeness (QED) is 0.252. The van der Waals surface area contributed by atoms with Gasteiger partial charge in [-0.2, -0.15) is 0 Å². The summed E-state index contributed by atoms with van der Waals surface area (Å²) in [7, 11) is 1.62. The molecule has 162 valence electrons. The van der Waals surface area contributed by atoms with Crippen molar-refractivity contribution in [2.24, 2.45) is 10.9 Å². The van der Waals surface area contributed by atoms with Gasteiger partial charge in [-0.05, 0) is 38.0 Å². The van der Waals surface area contributed by atoms with Crippen LogP contribution in [0.4, 0.5) is 13.2 Å². The van der Waals surface area contributed by atoms with Gasteiger partial charge < -0.3 is 25.2 Å². The summed E-state index contributed by atoms with van der Waals surface area (Å²) in [5.74, 6) is 0.192. The van der Waals surface area contributed by atoms with Gasteiger partial charge in [-0.3, -0.25) is 4.99 Å². The van der Waals surface area contributed by atoms with E-state index < -0.39 is 6.36 Å². The van der Waals surface area contributed by atoms with Gasteiger partial charge in [-0.1, -0.05) is 12.1 Å². The lowest BCUT2D eigenvalue weighted by Gasteiger charge is -2.18. The highest BCUT2D eigenvalue weighted by Gasteiger charge is 2.30. The molecule has 1 rings (SSSR count). The zero-order chi connectivity index (χ0) is 20.3. The van der Waals surface area contributed by atoms with Gasteiger partial charge in [-0.15, -0.1) is 37.1 Å². The van der Waals surface area contributed by atoms with Crippen LogP contribution in [0.2, 0.25) is 0 Å². The summed E-state index contributed by atoms with van der Waals surface area (Å²) in [4.78, 5) is 4.47. The smallest absolute Gasteiger partial charge is 0.406 e. The molecule has 0 spiro atoms. The van der Waals surface area contributed by atoms with E-state index in [9.17, 15) is 18.3 Å². The van der Waals surface area contributed by atoms with Crippen LogP contribution < -0.4 is 15.4 Å². The lowest BCUT2D eigenvalue weighted by atomic mass is 10.0. The van der Waals surface area contributed by atoms with Gasteiger partial charge in [0.25, 0.3) is 0 Å². The van der Waals surface area contributed by atoms with E-state index in [2.05, 4.69) is 20.4 Å². The van der Waals surface area contributed by atoms with Crippen LogP contribution in [0.3, 0.4) is 0 Å². The molecule has 0 aromatic heterocycles. The first kappa shape index (κ1) is 26.7. The number of aliphatic hydroxyl groups excluding tert-OH is 1. The van der Waals surface area contributed by atoms with Crippen LogP contribution in [0.15, 0.2) is 29.3 Å². The average molecular weight is 519 g/mol. The summed E-state index contributed by atoms with van der Waals surface area (Å²) < 4.78 is 45.5. The Balaban J connectivity index is 0.00000729. The molecule has 10 heteroatoms. The number of aliphatic hydroxyl groups is 1. The maximum Gasteiger partial charge on any atom is 0.573 e. The predicted molar refractivity (Wildman–Crippen MR) is 113 cm³/mol. The van der Waals surface area contributed by atoms with Crippen LogP contribution in [0.1, 0.15) is 19.4 Å². The van der Waals surface area contributed by atoms with Crippen LogP contribution in [0.25, 0.3) is 0 Å². The van der Waals surface area contributed by atoms with Crippen molar-refractivity contribution in [2.45, 2.75) is 32.7 Å². The predicted octanol–water partition coefficient (Wildman–Crippen LogP) is 2.94. The van der Waals surface area contributed by atoms with E-state index in [0.29, 0.717) is 32.1 Å². The zero-order valence-electron chi connectivity index (χ0n) is 16.3. The molecule has 3 N–H and O–H groups in total. The van der Waals surface area contributed by atoms with Gasteiger partial charge in [0.05, 0.1) is 6.61 Å². The summed E-state index contributed by atoms with van der Waals surface area (Å²) in [5, 5.41) is 15.9. The molecule has 0 fully saturated rings. The second kappa shape index (κ2) is 13.8. The highest BCUT2D eigenvalue weighted by molar-refractivity contribution is 14.0. The molecule has 0 bridgehead atoms. The molecule has 2 atom stereocenters. The second-order valence-corrected chi connectivity index (χ2v) is 6.16. The Kier molecular flexibility index (Phi) is 13.2. The normalized spacial score (nSPS) is 14.0. The van der Waals surface area contributed by atoms with E-state index in [1.165, 1.54) is 12.1 Å². The molecule has 6 nitrogen and oxygen atoms in total. The SMILES string of the molecule is CCNC(=NCC(CO)Cc1ccc(OC(F)(F)F)cc1)NC(C)COC.I. The first-order chi connectivity index (χ1) is 12.8. The van der Waals surface area contributed by atoms with Crippen molar-refractivity contribution in [3.8, 4) is 5.75 Å². The van der Waals surface area contributed by atoms with Crippen molar-refractivity contribution in [2.75, 3.05) is 33.4 Å². The number of methoxy groups -OCH3 is 1. The lowest BCUT2D eigenvalue weighted by molar-refractivity contribution is -0.274. The van der Waals surface area contributed by atoms with Gasteiger partial charge in [0.1, 0.15) is 5.75 Å². The Hall–Kier alpha value is -1.27. The first-order valence-corrected chi connectivity index (χ1v) is 8.76. The van der Waals surface area contributed by atoms with Crippen LogP contribution in [-0.2, 0) is 11.2 Å². The molecule has 28 heavy (non-hydrogen) atoms. The monoisotopic (exact) mass is 519 g/mol. The Labute approximate surface area is 180 Å². The number of guanidine groups is 1. The minimum absolute atomic E-state index is 0. The molecule has 0 radical (unpaired) electrons. The van der Waals surface area contributed by atoms with E-state index >= 15 is 0 Å². The molecular weight excluding hydrogens is 490 g/mol. The third-order valence-electron chi connectivity index (χ3n) is 3.59. The first-order valence-electron chi connectivity index (χ1n) is 8.76. The average Bonchev–Trinajstić information content (AvgIpc) is 2.59. The molecule has 0 aliphatic heterocycles. The van der Waals surface area contributed by atoms with Gasteiger partial charge in [0.2, 0.25) is 0 Å². The summed E-state index contributed by atoms with van der Waals surface area (Å²) in [6.45, 7) is 5.41. The van der Waals surface area contributed by atoms with Crippen LogP contribution in [0, 0.1) is 5.92 Å². The molecule has 0 saturated heterocycles. The largest absolute Gasteiger partial charge is 0.573 e. The number of hydrogen-bond acceptors (Lipinski definition) is 4. The number of rotatable bonds is 10. The fraction of sp³-hybridized carbons (Fsp3) is 0.611. The lowest BCUT2D eigenvalue weighted by Crippen LogP contribution is -2.44. The summed E-state index contributed by atoms with van der Waals surface area (Å²) >= 11 is 0. The summed E-state index contributed by atoms with van der Waals surface area (Å²) in [6.07, 6.45) is -4.22. The number of benzene rings is 1. The Morgan fingerprint density at radius 1 is 1.25 bits per heavy atom. The van der Waals surface area contributed by atoms with E-state index in [4.69, 9.17) is 4.74 Å². The fourth-order valence-corrected chi connectivity index (χ4v) is 2.41. The number of nitrogens with one attached hydrogen (secondary N) is 2. The van der Waals surface area contributed by atoms with Crippen molar-refractivity contribution in [3.63, 3.8) is 0 Å². The Bertz CT molecular complexity index is 571. The van der Waals surface area contributed by atoms with Crippen molar-refractivity contribution < 1.29 is 27.8 Å². The van der Waals surface area contributed by atoms with Gasteiger partial charge in [0, 0.05) is 38.8 Å². The fourth-order valence-electron chi connectivity index (χ4n) is 2.41. The molecule has 1 aromatic rings. The number of nitrogens with zero attached hydrogens (tertiary/aromatic N) is 1. The third-order valence-corrected chi connectivity index (χ3v) is 3.59.